The van der Waals surface area contributed by atoms with E-state index in [0.717, 1.165) is 6.42 Å². The summed E-state index contributed by atoms with van der Waals surface area (Å²) in [6, 6.07) is 7.04. The van der Waals surface area contributed by atoms with Crippen molar-refractivity contribution in [2.45, 2.75) is 19.9 Å². The number of hydrogen-bond donors (Lipinski definition) is 1. The molecule has 0 bridgehead atoms. The third kappa shape index (κ3) is 1.91. The van der Waals surface area contributed by atoms with E-state index in [-0.39, 0.29) is 0 Å². The molecule has 2 aromatic rings. The smallest absolute Gasteiger partial charge is 0.360 e. The first-order valence-electron chi connectivity index (χ1n) is 5.38. The summed E-state index contributed by atoms with van der Waals surface area (Å²) in [5.41, 5.74) is 0.234. The molecule has 88 valence electrons. The normalized spacial score (nSPS) is 10.6. The van der Waals surface area contributed by atoms with Gasteiger partial charge < -0.3 is 9.67 Å². The summed E-state index contributed by atoms with van der Waals surface area (Å²) in [7, 11) is 0. The first kappa shape index (κ1) is 11.3. The predicted molar refractivity (Wildman–Crippen MR) is 63.3 cm³/mol. The Morgan fingerprint density at radius 3 is 2.76 bits per heavy atom. The first-order chi connectivity index (χ1) is 8.15. The van der Waals surface area contributed by atoms with Crippen LogP contribution in [0, 0.1) is 0 Å². The topological polar surface area (TPSA) is 72.2 Å². The van der Waals surface area contributed by atoms with Crippen molar-refractivity contribution >= 4 is 17.0 Å². The molecule has 0 amide bonds. The maximum atomic E-state index is 11.9. The lowest BCUT2D eigenvalue weighted by atomic mass is 10.2. The summed E-state index contributed by atoms with van der Waals surface area (Å²) >= 11 is 0. The average molecular weight is 232 g/mol. The molecule has 17 heavy (non-hydrogen) atoms. The van der Waals surface area contributed by atoms with Crippen molar-refractivity contribution in [1.82, 2.24) is 9.55 Å². The second kappa shape index (κ2) is 4.37. The zero-order valence-corrected chi connectivity index (χ0v) is 9.38. The molecule has 0 aliphatic heterocycles. The van der Waals surface area contributed by atoms with Crippen LogP contribution in [0.1, 0.15) is 23.8 Å². The van der Waals surface area contributed by atoms with Crippen LogP contribution >= 0.6 is 0 Å². The predicted octanol–water partition coefficient (Wildman–Crippen LogP) is 1.50. The Balaban J connectivity index is 2.85. The lowest BCUT2D eigenvalue weighted by Gasteiger charge is -2.09. The van der Waals surface area contributed by atoms with Gasteiger partial charge in [-0.05, 0) is 18.6 Å². The molecule has 1 N–H and O–H groups in total. The van der Waals surface area contributed by atoms with Crippen molar-refractivity contribution in [3.8, 4) is 0 Å². The van der Waals surface area contributed by atoms with Gasteiger partial charge in [0, 0.05) is 6.54 Å². The van der Waals surface area contributed by atoms with E-state index in [2.05, 4.69) is 4.98 Å². The average Bonchev–Trinajstić information content (AvgIpc) is 2.32. The van der Waals surface area contributed by atoms with Crippen LogP contribution in [-0.2, 0) is 6.54 Å². The Hall–Kier alpha value is -2.17. The van der Waals surface area contributed by atoms with Crippen molar-refractivity contribution < 1.29 is 9.90 Å². The summed E-state index contributed by atoms with van der Waals surface area (Å²) in [6.07, 6.45) is 0.757. The fourth-order valence-electron chi connectivity index (χ4n) is 1.78. The zero-order valence-electron chi connectivity index (χ0n) is 9.38. The molecule has 1 aromatic heterocycles. The highest BCUT2D eigenvalue weighted by Gasteiger charge is 2.15. The SMILES string of the molecule is CCCn1c(=O)c(C(=O)O)nc2ccccc21. The maximum absolute atomic E-state index is 11.9. The van der Waals surface area contributed by atoms with E-state index in [1.54, 1.807) is 24.3 Å². The highest BCUT2D eigenvalue weighted by molar-refractivity contribution is 5.88. The first-order valence-corrected chi connectivity index (χ1v) is 5.38. The molecule has 0 fully saturated rings. The van der Waals surface area contributed by atoms with Gasteiger partial charge in [-0.15, -0.1) is 0 Å². The van der Waals surface area contributed by atoms with Crippen LogP contribution in [0.15, 0.2) is 29.1 Å². The molecule has 0 saturated carbocycles. The van der Waals surface area contributed by atoms with E-state index in [1.165, 1.54) is 4.57 Å². The van der Waals surface area contributed by atoms with Crippen molar-refractivity contribution in [2.24, 2.45) is 0 Å². The number of fused-ring (bicyclic) bond motifs is 1. The maximum Gasteiger partial charge on any atom is 0.360 e. The number of aryl methyl sites for hydroxylation is 1. The Morgan fingerprint density at radius 2 is 2.12 bits per heavy atom. The summed E-state index contributed by atoms with van der Waals surface area (Å²) < 4.78 is 1.46. The molecule has 0 saturated heterocycles. The second-order valence-corrected chi connectivity index (χ2v) is 3.71. The Kier molecular flexibility index (Phi) is 2.91. The lowest BCUT2D eigenvalue weighted by Crippen LogP contribution is -2.28. The van der Waals surface area contributed by atoms with Crippen molar-refractivity contribution in [1.29, 1.82) is 0 Å². The molecular formula is C12H12N2O3. The van der Waals surface area contributed by atoms with Gasteiger partial charge in [-0.1, -0.05) is 19.1 Å². The molecule has 2 rings (SSSR count). The van der Waals surface area contributed by atoms with Gasteiger partial charge in [0.2, 0.25) is 5.69 Å². The summed E-state index contributed by atoms with van der Waals surface area (Å²) in [5.74, 6) is -1.29. The fraction of sp³-hybridized carbons (Fsp3) is 0.250. The van der Waals surface area contributed by atoms with Crippen LogP contribution in [0.4, 0.5) is 0 Å². The number of carboxylic acid groups (broad SMARTS) is 1. The third-order valence-corrected chi connectivity index (χ3v) is 2.50. The monoisotopic (exact) mass is 232 g/mol. The zero-order chi connectivity index (χ0) is 12.4. The molecule has 5 heteroatoms. The minimum absolute atomic E-state index is 0.419. The molecular weight excluding hydrogens is 220 g/mol. The van der Waals surface area contributed by atoms with Gasteiger partial charge in [-0.25, -0.2) is 9.78 Å². The minimum atomic E-state index is -1.29. The molecule has 0 spiro atoms. The summed E-state index contributed by atoms with van der Waals surface area (Å²) in [5, 5.41) is 8.94. The molecule has 0 atom stereocenters. The quantitative estimate of drug-likeness (QED) is 0.870. The number of hydrogen-bond acceptors (Lipinski definition) is 3. The van der Waals surface area contributed by atoms with Gasteiger partial charge in [-0.3, -0.25) is 4.79 Å². The molecule has 0 aliphatic rings. The number of para-hydroxylation sites is 2. The van der Waals surface area contributed by atoms with Crippen LogP contribution in [-0.4, -0.2) is 20.6 Å². The molecule has 1 heterocycles. The van der Waals surface area contributed by atoms with E-state index >= 15 is 0 Å². The Bertz CT molecular complexity index is 631. The lowest BCUT2D eigenvalue weighted by molar-refractivity contribution is 0.0688. The highest BCUT2D eigenvalue weighted by Crippen LogP contribution is 2.10. The standard InChI is InChI=1S/C12H12N2O3/c1-2-7-14-9-6-4-3-5-8(9)13-10(11(14)15)12(16)17/h3-6H,2,7H2,1H3,(H,16,17). The number of carbonyl (C=O) groups is 1. The van der Waals surface area contributed by atoms with Crippen LogP contribution in [0.5, 0.6) is 0 Å². The molecule has 0 radical (unpaired) electrons. The minimum Gasteiger partial charge on any atom is -0.476 e. The van der Waals surface area contributed by atoms with Crippen LogP contribution in [0.3, 0.4) is 0 Å². The molecule has 0 unspecified atom stereocenters. The van der Waals surface area contributed by atoms with Gasteiger partial charge in [0.25, 0.3) is 5.56 Å². The molecule has 0 aliphatic carbocycles. The number of aromatic carboxylic acids is 1. The number of aromatic nitrogens is 2. The van der Waals surface area contributed by atoms with E-state index in [9.17, 15) is 9.59 Å². The molecule has 1 aromatic carbocycles. The molecule has 5 nitrogen and oxygen atoms in total. The van der Waals surface area contributed by atoms with Crippen molar-refractivity contribution in [3.63, 3.8) is 0 Å². The summed E-state index contributed by atoms with van der Waals surface area (Å²) in [6.45, 7) is 2.42. The van der Waals surface area contributed by atoms with E-state index in [0.29, 0.717) is 17.6 Å². The fourth-order valence-corrected chi connectivity index (χ4v) is 1.78. The van der Waals surface area contributed by atoms with Crippen LogP contribution < -0.4 is 5.56 Å². The van der Waals surface area contributed by atoms with Gasteiger partial charge >= 0.3 is 5.97 Å². The van der Waals surface area contributed by atoms with Gasteiger partial charge in [0.05, 0.1) is 11.0 Å². The number of rotatable bonds is 3. The second-order valence-electron chi connectivity index (χ2n) is 3.71. The van der Waals surface area contributed by atoms with E-state index < -0.39 is 17.2 Å². The third-order valence-electron chi connectivity index (χ3n) is 2.50. The van der Waals surface area contributed by atoms with Crippen molar-refractivity contribution in [2.75, 3.05) is 0 Å². The highest BCUT2D eigenvalue weighted by atomic mass is 16.4. The number of benzene rings is 1. The van der Waals surface area contributed by atoms with Crippen LogP contribution in [0.25, 0.3) is 11.0 Å². The van der Waals surface area contributed by atoms with E-state index in [1.807, 2.05) is 6.92 Å². The van der Waals surface area contributed by atoms with E-state index in [4.69, 9.17) is 5.11 Å². The van der Waals surface area contributed by atoms with Crippen LogP contribution in [0.2, 0.25) is 0 Å². The van der Waals surface area contributed by atoms with Crippen molar-refractivity contribution in [3.05, 3.63) is 40.3 Å². The summed E-state index contributed by atoms with van der Waals surface area (Å²) in [4.78, 5) is 26.8. The van der Waals surface area contributed by atoms with Gasteiger partial charge in [-0.2, -0.15) is 0 Å². The number of carboxylic acids is 1. The largest absolute Gasteiger partial charge is 0.476 e. The van der Waals surface area contributed by atoms with Gasteiger partial charge in [0.15, 0.2) is 0 Å². The Morgan fingerprint density at radius 1 is 1.41 bits per heavy atom. The van der Waals surface area contributed by atoms with Gasteiger partial charge in [0.1, 0.15) is 0 Å². The number of nitrogens with zero attached hydrogens (tertiary/aromatic N) is 2. The Labute approximate surface area is 97.3 Å².